The lowest BCUT2D eigenvalue weighted by atomic mass is 9.85. The van der Waals surface area contributed by atoms with Gasteiger partial charge in [-0.15, -0.1) is 0 Å². The van der Waals surface area contributed by atoms with Crippen LogP contribution in [-0.4, -0.2) is 21.7 Å². The van der Waals surface area contributed by atoms with E-state index < -0.39 is 0 Å². The van der Waals surface area contributed by atoms with E-state index in [0.29, 0.717) is 22.4 Å². The number of anilines is 1. The highest BCUT2D eigenvalue weighted by Crippen LogP contribution is 2.27. The minimum Gasteiger partial charge on any atom is -0.328 e. The van der Waals surface area contributed by atoms with Crippen molar-refractivity contribution < 1.29 is 4.79 Å². The average molecular weight is 367 g/mol. The molecule has 0 radical (unpaired) electrons. The second kappa shape index (κ2) is 7.55. The molecule has 5 nitrogen and oxygen atoms in total. The van der Waals surface area contributed by atoms with Crippen molar-refractivity contribution in [3.05, 3.63) is 46.1 Å². The number of nitrogens with zero attached hydrogens (tertiary/aromatic N) is 2. The number of nitrogens with two attached hydrogens (primary N) is 1. The number of carbonyl (C=O) groups excluding carboxylic acids is 1. The predicted molar refractivity (Wildman–Crippen MR) is 96.4 cm³/mol. The van der Waals surface area contributed by atoms with E-state index in [2.05, 4.69) is 10.4 Å². The van der Waals surface area contributed by atoms with Gasteiger partial charge < -0.3 is 11.1 Å². The zero-order valence-electron chi connectivity index (χ0n) is 13.2. The van der Waals surface area contributed by atoms with Crippen LogP contribution in [0.15, 0.2) is 30.5 Å². The average Bonchev–Trinajstić information content (AvgIpc) is 2.99. The lowest BCUT2D eigenvalue weighted by molar-refractivity contribution is -0.120. The third kappa shape index (κ3) is 3.91. The van der Waals surface area contributed by atoms with Gasteiger partial charge in [-0.1, -0.05) is 41.8 Å². The molecule has 0 spiro atoms. The quantitative estimate of drug-likeness (QED) is 0.866. The van der Waals surface area contributed by atoms with Gasteiger partial charge in [0.2, 0.25) is 5.91 Å². The lowest BCUT2D eigenvalue weighted by Crippen LogP contribution is -2.34. The normalized spacial score (nSPS) is 20.8. The second-order valence-corrected chi connectivity index (χ2v) is 6.99. The van der Waals surface area contributed by atoms with E-state index in [-0.39, 0.29) is 17.9 Å². The highest BCUT2D eigenvalue weighted by atomic mass is 35.5. The molecule has 1 fully saturated rings. The first-order valence-corrected chi connectivity index (χ1v) is 8.81. The number of hydrogen-bond acceptors (Lipinski definition) is 3. The SMILES string of the molecule is NC1CCCC(C(=O)Nc2ccnn2Cc2cccc(Cl)c2Cl)C1. The fraction of sp³-hybridized carbons (Fsp3) is 0.412. The number of hydrogen-bond donors (Lipinski definition) is 2. The maximum absolute atomic E-state index is 12.5. The van der Waals surface area contributed by atoms with Gasteiger partial charge in [0.15, 0.2) is 0 Å². The first-order chi connectivity index (χ1) is 11.5. The Kier molecular flexibility index (Phi) is 5.43. The summed E-state index contributed by atoms with van der Waals surface area (Å²) in [6, 6.07) is 7.37. The first-order valence-electron chi connectivity index (χ1n) is 8.05. The van der Waals surface area contributed by atoms with Gasteiger partial charge in [0.05, 0.1) is 22.8 Å². The minimum absolute atomic E-state index is 0.00379. The van der Waals surface area contributed by atoms with E-state index in [1.807, 2.05) is 12.1 Å². The molecular formula is C17H20Cl2N4O. The standard InChI is InChI=1S/C17H20Cl2N4O/c18-14-6-2-4-12(16(14)19)10-23-15(7-8-21-23)22-17(24)11-3-1-5-13(20)9-11/h2,4,6-8,11,13H,1,3,5,9-10,20H2,(H,22,24). The molecule has 128 valence electrons. The van der Waals surface area contributed by atoms with Crippen LogP contribution >= 0.6 is 23.2 Å². The van der Waals surface area contributed by atoms with Gasteiger partial charge in [-0.25, -0.2) is 4.68 Å². The van der Waals surface area contributed by atoms with Crippen molar-refractivity contribution in [2.75, 3.05) is 5.32 Å². The van der Waals surface area contributed by atoms with E-state index in [1.165, 1.54) is 0 Å². The minimum atomic E-state index is -0.0353. The molecule has 3 rings (SSSR count). The van der Waals surface area contributed by atoms with Gasteiger partial charge in [-0.2, -0.15) is 5.10 Å². The van der Waals surface area contributed by atoms with E-state index in [0.717, 1.165) is 31.2 Å². The number of rotatable bonds is 4. The molecule has 1 aromatic carbocycles. The van der Waals surface area contributed by atoms with Gasteiger partial charge in [0.1, 0.15) is 5.82 Å². The Bertz CT molecular complexity index is 731. The number of nitrogens with one attached hydrogen (secondary N) is 1. The molecule has 1 saturated carbocycles. The summed E-state index contributed by atoms with van der Waals surface area (Å²) in [4.78, 5) is 12.5. The zero-order chi connectivity index (χ0) is 17.1. The van der Waals surface area contributed by atoms with Crippen LogP contribution in [0.1, 0.15) is 31.2 Å². The van der Waals surface area contributed by atoms with Crippen molar-refractivity contribution in [1.29, 1.82) is 0 Å². The number of carbonyl (C=O) groups is 1. The van der Waals surface area contributed by atoms with Crippen LogP contribution in [0.3, 0.4) is 0 Å². The maximum Gasteiger partial charge on any atom is 0.228 e. The van der Waals surface area contributed by atoms with Crippen LogP contribution in [-0.2, 0) is 11.3 Å². The van der Waals surface area contributed by atoms with Gasteiger partial charge in [0, 0.05) is 18.0 Å². The Morgan fingerprint density at radius 1 is 1.33 bits per heavy atom. The molecule has 1 heterocycles. The summed E-state index contributed by atoms with van der Waals surface area (Å²) in [5.74, 6) is 0.617. The summed E-state index contributed by atoms with van der Waals surface area (Å²) in [6.45, 7) is 0.437. The number of aromatic nitrogens is 2. The Morgan fingerprint density at radius 2 is 2.17 bits per heavy atom. The van der Waals surface area contributed by atoms with Crippen LogP contribution in [0.25, 0.3) is 0 Å². The summed E-state index contributed by atoms with van der Waals surface area (Å²) >= 11 is 12.3. The topological polar surface area (TPSA) is 72.9 Å². The number of amides is 1. The fourth-order valence-electron chi connectivity index (χ4n) is 3.09. The van der Waals surface area contributed by atoms with E-state index in [1.54, 1.807) is 23.0 Å². The highest BCUT2D eigenvalue weighted by molar-refractivity contribution is 6.42. The molecule has 2 aromatic rings. The van der Waals surface area contributed by atoms with E-state index in [9.17, 15) is 4.79 Å². The molecule has 2 atom stereocenters. The summed E-state index contributed by atoms with van der Waals surface area (Å²) in [7, 11) is 0. The Labute approximate surface area is 151 Å². The molecule has 1 amide bonds. The van der Waals surface area contributed by atoms with Crippen molar-refractivity contribution in [3.63, 3.8) is 0 Å². The van der Waals surface area contributed by atoms with Crippen LogP contribution in [0.4, 0.5) is 5.82 Å². The smallest absolute Gasteiger partial charge is 0.228 e. The highest BCUT2D eigenvalue weighted by Gasteiger charge is 2.26. The summed E-state index contributed by atoms with van der Waals surface area (Å²) in [5, 5.41) is 8.24. The van der Waals surface area contributed by atoms with Gasteiger partial charge >= 0.3 is 0 Å². The molecular weight excluding hydrogens is 347 g/mol. The molecule has 0 saturated heterocycles. The molecule has 24 heavy (non-hydrogen) atoms. The van der Waals surface area contributed by atoms with Crippen molar-refractivity contribution in [2.45, 2.75) is 38.3 Å². The molecule has 3 N–H and O–H groups in total. The molecule has 7 heteroatoms. The number of halogens is 2. The van der Waals surface area contributed by atoms with Crippen molar-refractivity contribution in [3.8, 4) is 0 Å². The molecule has 2 unspecified atom stereocenters. The molecule has 1 aliphatic rings. The van der Waals surface area contributed by atoms with Gasteiger partial charge in [-0.05, 0) is 30.9 Å². The maximum atomic E-state index is 12.5. The summed E-state index contributed by atoms with van der Waals surface area (Å²) in [6.07, 6.45) is 5.26. The van der Waals surface area contributed by atoms with E-state index in [4.69, 9.17) is 28.9 Å². The molecule has 1 aromatic heterocycles. The van der Waals surface area contributed by atoms with Gasteiger partial charge in [0.25, 0.3) is 0 Å². The second-order valence-electron chi connectivity index (χ2n) is 6.20. The van der Waals surface area contributed by atoms with Crippen molar-refractivity contribution >= 4 is 34.9 Å². The fourth-order valence-corrected chi connectivity index (χ4v) is 3.47. The van der Waals surface area contributed by atoms with Crippen LogP contribution < -0.4 is 11.1 Å². The predicted octanol–water partition coefficient (Wildman–Crippen LogP) is 3.69. The zero-order valence-corrected chi connectivity index (χ0v) is 14.7. The van der Waals surface area contributed by atoms with Crippen LogP contribution in [0, 0.1) is 5.92 Å². The van der Waals surface area contributed by atoms with Crippen LogP contribution in [0.5, 0.6) is 0 Å². The largest absolute Gasteiger partial charge is 0.328 e. The molecule has 1 aliphatic carbocycles. The van der Waals surface area contributed by atoms with E-state index >= 15 is 0 Å². The first kappa shape index (κ1) is 17.3. The third-order valence-corrected chi connectivity index (χ3v) is 5.26. The molecule has 0 bridgehead atoms. The Balaban J connectivity index is 1.71. The van der Waals surface area contributed by atoms with Gasteiger partial charge in [-0.3, -0.25) is 4.79 Å². The lowest BCUT2D eigenvalue weighted by Gasteiger charge is -2.25. The third-order valence-electron chi connectivity index (χ3n) is 4.41. The van der Waals surface area contributed by atoms with Crippen molar-refractivity contribution in [2.24, 2.45) is 11.7 Å². The monoisotopic (exact) mass is 366 g/mol. The summed E-state index contributed by atoms with van der Waals surface area (Å²) < 4.78 is 1.71. The summed E-state index contributed by atoms with van der Waals surface area (Å²) in [5.41, 5.74) is 6.82. The van der Waals surface area contributed by atoms with Crippen molar-refractivity contribution in [1.82, 2.24) is 9.78 Å². The Morgan fingerprint density at radius 3 is 2.96 bits per heavy atom. The number of benzene rings is 1. The van der Waals surface area contributed by atoms with Crippen LogP contribution in [0.2, 0.25) is 10.0 Å². The Hall–Kier alpha value is -1.56. The molecule has 0 aliphatic heterocycles.